The van der Waals surface area contributed by atoms with E-state index in [1.54, 1.807) is 0 Å². The van der Waals surface area contributed by atoms with E-state index in [9.17, 15) is 0 Å². The van der Waals surface area contributed by atoms with Gasteiger partial charge in [-0.15, -0.1) is 0 Å². The van der Waals surface area contributed by atoms with Crippen molar-refractivity contribution in [3.05, 3.63) is 124 Å². The van der Waals surface area contributed by atoms with Crippen LogP contribution in [-0.2, 0) is 25.7 Å². The van der Waals surface area contributed by atoms with Crippen LogP contribution in [0.4, 0.5) is 17.2 Å². The molecule has 2 aliphatic carbocycles. The molecule has 0 bridgehead atoms. The molecular formula is C32H21N3. The largest absolute Gasteiger partial charge is 0.292 e. The van der Waals surface area contributed by atoms with Gasteiger partial charge in [-0.25, -0.2) is 4.98 Å². The number of pyridine rings is 2. The molecule has 0 saturated heterocycles. The van der Waals surface area contributed by atoms with E-state index in [0.29, 0.717) is 0 Å². The fourth-order valence-corrected chi connectivity index (χ4v) is 6.94. The fraction of sp³-hybridized carbons (Fsp3) is 0.125. The zero-order chi connectivity index (χ0) is 22.7. The van der Waals surface area contributed by atoms with Crippen LogP contribution in [0.1, 0.15) is 44.6 Å². The van der Waals surface area contributed by atoms with Gasteiger partial charge in [0.1, 0.15) is 5.82 Å². The van der Waals surface area contributed by atoms with Gasteiger partial charge in [0.2, 0.25) is 0 Å². The molecule has 164 valence electrons. The number of aromatic nitrogens is 2. The molecule has 3 aromatic carbocycles. The van der Waals surface area contributed by atoms with Gasteiger partial charge in [-0.2, -0.15) is 0 Å². The van der Waals surface area contributed by atoms with E-state index in [2.05, 4.69) is 65.6 Å². The maximum Gasteiger partial charge on any atom is 0.141 e. The van der Waals surface area contributed by atoms with Crippen molar-refractivity contribution in [3.63, 3.8) is 0 Å². The van der Waals surface area contributed by atoms with E-state index in [1.165, 1.54) is 72.6 Å². The quantitative estimate of drug-likeness (QED) is 0.253. The lowest BCUT2D eigenvalue weighted by Gasteiger charge is -2.38. The average molecular weight is 448 g/mol. The summed E-state index contributed by atoms with van der Waals surface area (Å²) < 4.78 is 0. The van der Waals surface area contributed by atoms with Crippen LogP contribution in [-0.4, -0.2) is 9.97 Å². The standard InChI is InChI=1S/C32H21N3/c1-2-7-23-18(5-1)11-20-13-25-21(14-24(20)23)15-27-26(25)16-22-17-29-30(8-4-9-33-29)35-31(22)28(27)12-19-6-3-10-34-32(19)35/h1-10,13-14,16H,11-12,15,17H2. The van der Waals surface area contributed by atoms with E-state index < -0.39 is 0 Å². The van der Waals surface area contributed by atoms with Crippen LogP contribution >= 0.6 is 0 Å². The molecule has 9 rings (SSSR count). The smallest absolute Gasteiger partial charge is 0.141 e. The van der Waals surface area contributed by atoms with E-state index in [0.717, 1.165) is 37.2 Å². The zero-order valence-corrected chi connectivity index (χ0v) is 19.2. The summed E-state index contributed by atoms with van der Waals surface area (Å²) in [6.07, 6.45) is 7.68. The monoisotopic (exact) mass is 447 g/mol. The first kappa shape index (κ1) is 18.1. The summed E-state index contributed by atoms with van der Waals surface area (Å²) in [7, 11) is 0. The van der Waals surface area contributed by atoms with Gasteiger partial charge in [-0.05, 0) is 110 Å². The Morgan fingerprint density at radius 3 is 2.26 bits per heavy atom. The van der Waals surface area contributed by atoms with Crippen molar-refractivity contribution in [1.29, 1.82) is 0 Å². The molecule has 2 aliphatic heterocycles. The molecule has 0 amide bonds. The van der Waals surface area contributed by atoms with Gasteiger partial charge in [-0.1, -0.05) is 30.3 Å². The highest BCUT2D eigenvalue weighted by atomic mass is 15.2. The van der Waals surface area contributed by atoms with Crippen molar-refractivity contribution in [2.45, 2.75) is 25.7 Å². The predicted molar refractivity (Wildman–Crippen MR) is 139 cm³/mol. The van der Waals surface area contributed by atoms with E-state index in [-0.39, 0.29) is 0 Å². The molecule has 2 aromatic heterocycles. The lowest BCUT2D eigenvalue weighted by atomic mass is 9.84. The van der Waals surface area contributed by atoms with Crippen molar-refractivity contribution >= 4 is 17.2 Å². The van der Waals surface area contributed by atoms with Crippen LogP contribution in [0.15, 0.2) is 79.1 Å². The van der Waals surface area contributed by atoms with Crippen LogP contribution in [0.3, 0.4) is 0 Å². The number of hydrogen-bond acceptors (Lipinski definition) is 3. The summed E-state index contributed by atoms with van der Waals surface area (Å²) in [5.41, 5.74) is 19.4. The van der Waals surface area contributed by atoms with Gasteiger partial charge in [0.25, 0.3) is 0 Å². The summed E-state index contributed by atoms with van der Waals surface area (Å²) in [5, 5.41) is 0. The lowest BCUT2D eigenvalue weighted by molar-refractivity contribution is 0.941. The zero-order valence-electron chi connectivity index (χ0n) is 19.2. The number of fused-ring (bicyclic) bond motifs is 11. The summed E-state index contributed by atoms with van der Waals surface area (Å²) in [5.74, 6) is 1.06. The highest BCUT2D eigenvalue weighted by Crippen LogP contribution is 2.54. The van der Waals surface area contributed by atoms with Crippen LogP contribution in [0, 0.1) is 0 Å². The highest BCUT2D eigenvalue weighted by molar-refractivity contribution is 5.93. The molecule has 35 heavy (non-hydrogen) atoms. The van der Waals surface area contributed by atoms with Gasteiger partial charge in [-0.3, -0.25) is 9.88 Å². The Morgan fingerprint density at radius 1 is 0.543 bits per heavy atom. The minimum absolute atomic E-state index is 0.871. The molecule has 0 radical (unpaired) electrons. The number of rotatable bonds is 0. The maximum atomic E-state index is 4.84. The molecule has 3 nitrogen and oxygen atoms in total. The van der Waals surface area contributed by atoms with Crippen molar-refractivity contribution in [2.24, 2.45) is 0 Å². The summed E-state index contributed by atoms with van der Waals surface area (Å²) in [6, 6.07) is 24.9. The third kappa shape index (κ3) is 2.26. The van der Waals surface area contributed by atoms with Crippen molar-refractivity contribution in [2.75, 3.05) is 4.90 Å². The number of hydrogen-bond donors (Lipinski definition) is 0. The summed E-state index contributed by atoms with van der Waals surface area (Å²) >= 11 is 0. The van der Waals surface area contributed by atoms with Gasteiger partial charge >= 0.3 is 0 Å². The molecular weight excluding hydrogens is 426 g/mol. The SMILES string of the molecule is c1ccc2c(c1)Cc1cc3c(cc1-2)Cc1c-3cc2c3c1Cc1cccnc1N3c1cccnc1C2. The first-order valence-corrected chi connectivity index (χ1v) is 12.4. The Bertz CT molecular complexity index is 1750. The number of benzene rings is 3. The topological polar surface area (TPSA) is 29.0 Å². The molecule has 5 aromatic rings. The normalized spacial score (nSPS) is 14.9. The van der Waals surface area contributed by atoms with E-state index >= 15 is 0 Å². The molecule has 4 heterocycles. The third-order valence-electron chi connectivity index (χ3n) is 8.41. The minimum atomic E-state index is 0.871. The number of anilines is 3. The van der Waals surface area contributed by atoms with Crippen LogP contribution < -0.4 is 4.90 Å². The second-order valence-corrected chi connectivity index (χ2v) is 10.2. The third-order valence-corrected chi connectivity index (χ3v) is 8.41. The Kier molecular flexibility index (Phi) is 3.24. The molecule has 4 aliphatic rings. The molecule has 3 heteroatoms. The van der Waals surface area contributed by atoms with Crippen LogP contribution in [0.2, 0.25) is 0 Å². The van der Waals surface area contributed by atoms with E-state index in [1.807, 2.05) is 18.5 Å². The molecule has 0 N–H and O–H groups in total. The summed E-state index contributed by atoms with van der Waals surface area (Å²) in [6.45, 7) is 0. The summed E-state index contributed by atoms with van der Waals surface area (Å²) in [4.78, 5) is 12.0. The van der Waals surface area contributed by atoms with Crippen LogP contribution in [0.5, 0.6) is 0 Å². The van der Waals surface area contributed by atoms with E-state index in [4.69, 9.17) is 9.97 Å². The molecule has 0 unspecified atom stereocenters. The Morgan fingerprint density at radius 2 is 1.29 bits per heavy atom. The van der Waals surface area contributed by atoms with Gasteiger partial charge in [0.05, 0.1) is 17.1 Å². The Balaban J connectivity index is 1.29. The Hall–Kier alpha value is -4.24. The predicted octanol–water partition coefficient (Wildman–Crippen LogP) is 6.90. The second-order valence-electron chi connectivity index (χ2n) is 10.2. The van der Waals surface area contributed by atoms with Gasteiger partial charge < -0.3 is 0 Å². The number of nitrogens with zero attached hydrogens (tertiary/aromatic N) is 3. The van der Waals surface area contributed by atoms with Crippen molar-refractivity contribution in [1.82, 2.24) is 9.97 Å². The fourth-order valence-electron chi connectivity index (χ4n) is 6.94. The second kappa shape index (κ2) is 6.25. The average Bonchev–Trinajstić information content (AvgIpc) is 3.44. The maximum absolute atomic E-state index is 4.84. The molecule has 0 saturated carbocycles. The van der Waals surface area contributed by atoms with Gasteiger partial charge in [0.15, 0.2) is 0 Å². The molecule has 0 fully saturated rings. The van der Waals surface area contributed by atoms with Crippen molar-refractivity contribution < 1.29 is 0 Å². The molecule has 0 atom stereocenters. The Labute approximate surface area is 203 Å². The lowest BCUT2D eigenvalue weighted by Crippen LogP contribution is -2.27. The van der Waals surface area contributed by atoms with Gasteiger partial charge in [0, 0.05) is 25.2 Å². The first-order valence-electron chi connectivity index (χ1n) is 12.4. The molecule has 0 spiro atoms. The van der Waals surface area contributed by atoms with Crippen molar-refractivity contribution in [3.8, 4) is 22.3 Å². The van der Waals surface area contributed by atoms with Crippen LogP contribution in [0.25, 0.3) is 22.3 Å². The first-order chi connectivity index (χ1) is 17.3. The minimum Gasteiger partial charge on any atom is -0.292 e. The highest BCUT2D eigenvalue weighted by Gasteiger charge is 2.37.